The maximum atomic E-state index is 12.5. The van der Waals surface area contributed by atoms with E-state index in [0.717, 1.165) is 12.8 Å². The molecule has 1 N–H and O–H groups in total. The molecule has 2 heterocycles. The van der Waals surface area contributed by atoms with Gasteiger partial charge in [-0.1, -0.05) is 18.0 Å². The average Bonchev–Trinajstić information content (AvgIpc) is 2.99. The van der Waals surface area contributed by atoms with Gasteiger partial charge in [-0.25, -0.2) is 0 Å². The summed E-state index contributed by atoms with van der Waals surface area (Å²) in [7, 11) is 1.77. The second-order valence-electron chi connectivity index (χ2n) is 5.89. The summed E-state index contributed by atoms with van der Waals surface area (Å²) < 4.78 is 1.69. The molecule has 2 fully saturated rings. The minimum Gasteiger partial charge on any atom is -0.481 e. The number of halogens is 1. The van der Waals surface area contributed by atoms with Gasteiger partial charge in [0.15, 0.2) is 0 Å². The summed E-state index contributed by atoms with van der Waals surface area (Å²) >= 11 is 5.90. The molecule has 3 rings (SSSR count). The number of carbonyl (C=O) groups excluding carboxylic acids is 1. The first-order valence-corrected chi connectivity index (χ1v) is 7.16. The second-order valence-corrected chi connectivity index (χ2v) is 6.33. The number of aryl methyl sites for hydroxylation is 1. The first-order chi connectivity index (χ1) is 9.44. The molecular formula is C14H17ClN2O3. The number of likely N-dealkylation sites (tertiary alicyclic amines) is 1. The number of fused-ring (bicyclic) bond motifs is 1. The van der Waals surface area contributed by atoms with E-state index in [1.54, 1.807) is 28.8 Å². The Bertz CT molecular complexity index is 583. The van der Waals surface area contributed by atoms with E-state index in [1.165, 1.54) is 0 Å². The van der Waals surface area contributed by atoms with Gasteiger partial charge in [-0.05, 0) is 24.8 Å². The van der Waals surface area contributed by atoms with Crippen molar-refractivity contribution in [2.45, 2.75) is 19.3 Å². The van der Waals surface area contributed by atoms with Gasteiger partial charge in [0.05, 0.1) is 10.4 Å². The lowest BCUT2D eigenvalue weighted by molar-refractivity contribution is -0.149. The van der Waals surface area contributed by atoms with E-state index < -0.39 is 11.4 Å². The molecule has 0 radical (unpaired) electrons. The number of carboxylic acids is 1. The molecule has 1 aromatic heterocycles. The molecule has 1 aromatic rings. The summed E-state index contributed by atoms with van der Waals surface area (Å²) in [6, 6.07) is 1.63. The van der Waals surface area contributed by atoms with E-state index in [1.807, 2.05) is 0 Å². The smallest absolute Gasteiger partial charge is 0.311 e. The molecular weight excluding hydrogens is 280 g/mol. The maximum absolute atomic E-state index is 12.5. The number of hydrogen-bond donors (Lipinski definition) is 1. The van der Waals surface area contributed by atoms with Crippen molar-refractivity contribution in [1.29, 1.82) is 0 Å². The Morgan fingerprint density at radius 1 is 1.50 bits per heavy atom. The van der Waals surface area contributed by atoms with Crippen LogP contribution in [0, 0.1) is 11.3 Å². The van der Waals surface area contributed by atoms with Crippen LogP contribution in [0.4, 0.5) is 0 Å². The van der Waals surface area contributed by atoms with Gasteiger partial charge in [0.1, 0.15) is 5.69 Å². The van der Waals surface area contributed by atoms with Gasteiger partial charge in [0.25, 0.3) is 5.91 Å². The van der Waals surface area contributed by atoms with Gasteiger partial charge < -0.3 is 14.6 Å². The SMILES string of the molecule is Cn1cc(Cl)cc1C(=O)N1C[C@@H]2CCC[C@@]2(C(=O)O)C1. The molecule has 1 amide bonds. The summed E-state index contributed by atoms with van der Waals surface area (Å²) in [4.78, 5) is 25.8. The lowest BCUT2D eigenvalue weighted by Crippen LogP contribution is -2.37. The van der Waals surface area contributed by atoms with Crippen LogP contribution < -0.4 is 0 Å². The zero-order valence-corrected chi connectivity index (χ0v) is 12.1. The zero-order chi connectivity index (χ0) is 14.5. The highest BCUT2D eigenvalue weighted by Gasteiger charge is 2.55. The van der Waals surface area contributed by atoms with Gasteiger partial charge in [-0.3, -0.25) is 9.59 Å². The van der Waals surface area contributed by atoms with E-state index in [9.17, 15) is 14.7 Å². The maximum Gasteiger partial charge on any atom is 0.311 e. The minimum absolute atomic E-state index is 0.0830. The number of hydrogen-bond acceptors (Lipinski definition) is 2. The van der Waals surface area contributed by atoms with Crippen LogP contribution in [-0.4, -0.2) is 39.5 Å². The van der Waals surface area contributed by atoms with Crippen LogP contribution in [0.1, 0.15) is 29.8 Å². The fourth-order valence-electron chi connectivity index (χ4n) is 3.69. The summed E-state index contributed by atoms with van der Waals surface area (Å²) in [5.74, 6) is -0.811. The Hall–Kier alpha value is -1.49. The number of aromatic nitrogens is 1. The highest BCUT2D eigenvalue weighted by atomic mass is 35.5. The number of amides is 1. The molecule has 2 aliphatic rings. The monoisotopic (exact) mass is 296 g/mol. The van der Waals surface area contributed by atoms with Crippen LogP contribution in [0.25, 0.3) is 0 Å². The minimum atomic E-state index is -0.764. The molecule has 2 atom stereocenters. The van der Waals surface area contributed by atoms with E-state index in [-0.39, 0.29) is 11.8 Å². The molecule has 108 valence electrons. The Labute approximate surface area is 122 Å². The molecule has 0 bridgehead atoms. The van der Waals surface area contributed by atoms with Crippen LogP contribution >= 0.6 is 11.6 Å². The van der Waals surface area contributed by atoms with Crippen molar-refractivity contribution in [3.8, 4) is 0 Å². The van der Waals surface area contributed by atoms with Crippen molar-refractivity contribution in [3.05, 3.63) is 23.0 Å². The van der Waals surface area contributed by atoms with Crippen molar-refractivity contribution in [2.75, 3.05) is 13.1 Å². The number of aliphatic carboxylic acids is 1. The van der Waals surface area contributed by atoms with Gasteiger partial charge >= 0.3 is 5.97 Å². The number of carbonyl (C=O) groups is 2. The first-order valence-electron chi connectivity index (χ1n) is 6.78. The Kier molecular flexibility index (Phi) is 3.05. The number of rotatable bonds is 2. The summed E-state index contributed by atoms with van der Waals surface area (Å²) in [5.41, 5.74) is -0.222. The third-order valence-corrected chi connectivity index (χ3v) is 4.98. The van der Waals surface area contributed by atoms with Crippen molar-refractivity contribution in [2.24, 2.45) is 18.4 Å². The fourth-order valence-corrected chi connectivity index (χ4v) is 3.94. The van der Waals surface area contributed by atoms with Gasteiger partial charge in [-0.2, -0.15) is 0 Å². The van der Waals surface area contributed by atoms with Crippen LogP contribution in [0.15, 0.2) is 12.3 Å². The van der Waals surface area contributed by atoms with Crippen LogP contribution in [0.5, 0.6) is 0 Å². The summed E-state index contributed by atoms with van der Waals surface area (Å²) in [6.45, 7) is 0.850. The summed E-state index contributed by atoms with van der Waals surface area (Å²) in [6.07, 6.45) is 4.18. The third kappa shape index (κ3) is 1.84. The van der Waals surface area contributed by atoms with Gasteiger partial charge in [-0.15, -0.1) is 0 Å². The standard InChI is InChI=1S/C14H17ClN2O3/c1-16-7-10(15)5-11(16)12(18)17-6-9-3-2-4-14(9,8-17)13(19)20/h5,7,9H,2-4,6,8H2,1H3,(H,19,20)/t9-,14+/m0/s1. The quantitative estimate of drug-likeness (QED) is 0.908. The van der Waals surface area contributed by atoms with E-state index in [4.69, 9.17) is 11.6 Å². The van der Waals surface area contributed by atoms with Crippen LogP contribution in [0.2, 0.25) is 5.02 Å². The lowest BCUT2D eigenvalue weighted by atomic mass is 9.81. The molecule has 5 nitrogen and oxygen atoms in total. The van der Waals surface area contributed by atoms with Crippen molar-refractivity contribution >= 4 is 23.5 Å². The van der Waals surface area contributed by atoms with Crippen LogP contribution in [-0.2, 0) is 11.8 Å². The highest BCUT2D eigenvalue weighted by molar-refractivity contribution is 6.31. The molecule has 1 saturated carbocycles. The molecule has 0 aromatic carbocycles. The van der Waals surface area contributed by atoms with Crippen molar-refractivity contribution in [3.63, 3.8) is 0 Å². The zero-order valence-electron chi connectivity index (χ0n) is 11.3. The Balaban J connectivity index is 1.85. The second kappa shape index (κ2) is 4.52. The first kappa shape index (κ1) is 13.5. The molecule has 1 aliphatic heterocycles. The average molecular weight is 297 g/mol. The predicted octanol–water partition coefficient (Wildman–Crippen LogP) is 2.01. The largest absolute Gasteiger partial charge is 0.481 e. The lowest BCUT2D eigenvalue weighted by Gasteiger charge is -2.23. The Morgan fingerprint density at radius 2 is 2.25 bits per heavy atom. The van der Waals surface area contributed by atoms with Crippen LogP contribution in [0.3, 0.4) is 0 Å². The van der Waals surface area contributed by atoms with Crippen molar-refractivity contribution < 1.29 is 14.7 Å². The molecule has 1 saturated heterocycles. The number of carboxylic acid groups (broad SMARTS) is 1. The molecule has 20 heavy (non-hydrogen) atoms. The fraction of sp³-hybridized carbons (Fsp3) is 0.571. The van der Waals surface area contributed by atoms with Gasteiger partial charge in [0.2, 0.25) is 0 Å². The van der Waals surface area contributed by atoms with E-state index >= 15 is 0 Å². The third-order valence-electron chi connectivity index (χ3n) is 4.77. The van der Waals surface area contributed by atoms with Crippen molar-refractivity contribution in [1.82, 2.24) is 9.47 Å². The predicted molar refractivity (Wildman–Crippen MR) is 73.7 cm³/mol. The molecule has 6 heteroatoms. The van der Waals surface area contributed by atoms with Gasteiger partial charge in [0, 0.05) is 26.3 Å². The summed E-state index contributed by atoms with van der Waals surface area (Å²) in [5, 5.41) is 10.1. The molecule has 0 unspecified atom stereocenters. The molecule has 1 aliphatic carbocycles. The topological polar surface area (TPSA) is 62.5 Å². The number of nitrogens with zero attached hydrogens (tertiary/aromatic N) is 2. The normalized spacial score (nSPS) is 28.7. The molecule has 0 spiro atoms. The highest BCUT2D eigenvalue weighted by Crippen LogP contribution is 2.49. The van der Waals surface area contributed by atoms with E-state index in [0.29, 0.717) is 30.2 Å². The Morgan fingerprint density at radius 3 is 2.80 bits per heavy atom. The van der Waals surface area contributed by atoms with E-state index in [2.05, 4.69) is 0 Å².